The molecule has 13 heteroatoms. The zero-order valence-corrected chi connectivity index (χ0v) is 25.1. The lowest BCUT2D eigenvalue weighted by Gasteiger charge is -2.29. The molecule has 1 aromatic carbocycles. The van der Waals surface area contributed by atoms with E-state index in [2.05, 4.69) is 59.2 Å². The number of nitrogens with zero attached hydrogens (tertiary/aromatic N) is 5. The third-order valence-corrected chi connectivity index (χ3v) is 7.03. The summed E-state index contributed by atoms with van der Waals surface area (Å²) in [4.78, 5) is 52.4. The minimum absolute atomic E-state index is 0.0170. The van der Waals surface area contributed by atoms with Gasteiger partial charge in [0.25, 0.3) is 17.7 Å². The van der Waals surface area contributed by atoms with Crippen LogP contribution in [0.4, 0.5) is 27.7 Å². The van der Waals surface area contributed by atoms with Gasteiger partial charge in [-0.15, -0.1) is 6.42 Å². The average Bonchev–Trinajstić information content (AvgIpc) is 3.19. The first-order chi connectivity index (χ1) is 20.0. The lowest BCUT2D eigenvalue weighted by molar-refractivity contribution is -0.121. The lowest BCUT2D eigenvalue weighted by Crippen LogP contribution is -2.39. The molecule has 0 fully saturated rings. The van der Waals surface area contributed by atoms with E-state index in [1.807, 2.05) is 6.26 Å². The summed E-state index contributed by atoms with van der Waals surface area (Å²) in [6.07, 6.45) is 9.96. The molecule has 3 amide bonds. The summed E-state index contributed by atoms with van der Waals surface area (Å²) >= 11 is 1.51. The fourth-order valence-corrected chi connectivity index (χ4v) is 5.05. The Morgan fingerprint density at radius 1 is 0.976 bits per heavy atom. The van der Waals surface area contributed by atoms with Crippen LogP contribution in [0.3, 0.4) is 0 Å². The number of carbonyl (C=O) groups excluding carboxylic acids is 3. The molecular weight excluding hydrogens is 561 g/mol. The minimum Gasteiger partial charge on any atom is -0.481 e. The summed E-state index contributed by atoms with van der Waals surface area (Å²) in [7, 11) is 0. The number of anilines is 4. The van der Waals surface area contributed by atoms with Crippen molar-refractivity contribution >= 4 is 52.8 Å². The van der Waals surface area contributed by atoms with Crippen molar-refractivity contribution in [3.8, 4) is 18.1 Å². The highest BCUT2D eigenvalue weighted by Crippen LogP contribution is 2.41. The van der Waals surface area contributed by atoms with Crippen molar-refractivity contribution in [2.24, 2.45) is 0 Å². The Hall–Kier alpha value is -4.18. The monoisotopic (exact) mass is 595 g/mol. The largest absolute Gasteiger partial charge is 0.481 e. The molecule has 2 N–H and O–H groups in total. The van der Waals surface area contributed by atoms with Gasteiger partial charge in [-0.1, -0.05) is 17.7 Å². The van der Waals surface area contributed by atoms with Crippen LogP contribution in [0.15, 0.2) is 28.4 Å². The van der Waals surface area contributed by atoms with Gasteiger partial charge in [-0.3, -0.25) is 19.3 Å². The number of hydrogen-bond donors (Lipinski definition) is 2. The van der Waals surface area contributed by atoms with Gasteiger partial charge in [0.05, 0.1) is 17.9 Å². The highest BCUT2D eigenvalue weighted by Gasteiger charge is 2.41. The second kappa shape index (κ2) is 13.2. The van der Waals surface area contributed by atoms with E-state index in [1.165, 1.54) is 22.7 Å². The van der Waals surface area contributed by atoms with Crippen molar-refractivity contribution in [2.75, 3.05) is 39.8 Å². The number of fused-ring (bicyclic) bond motifs is 1. The van der Waals surface area contributed by atoms with Crippen molar-refractivity contribution in [1.82, 2.24) is 15.0 Å². The number of ether oxygens (including phenoxy) is 1. The molecule has 0 unspecified atom stereocenters. The molecule has 0 bridgehead atoms. The van der Waals surface area contributed by atoms with Crippen molar-refractivity contribution in [2.45, 2.75) is 70.6 Å². The fraction of sp³-hybridized carbons (Fsp3) is 0.448. The summed E-state index contributed by atoms with van der Waals surface area (Å²) in [5.41, 5.74) is 0.992. The molecule has 0 saturated carbocycles. The molecule has 2 aromatic rings. The first kappa shape index (κ1) is 30.8. The first-order valence-corrected chi connectivity index (χ1v) is 14.9. The zero-order valence-electron chi connectivity index (χ0n) is 24.3. The van der Waals surface area contributed by atoms with E-state index in [0.29, 0.717) is 48.0 Å². The van der Waals surface area contributed by atoms with Crippen LogP contribution in [0, 0.1) is 18.2 Å². The molecule has 3 heterocycles. The van der Waals surface area contributed by atoms with E-state index in [9.17, 15) is 18.8 Å². The number of benzene rings is 1. The van der Waals surface area contributed by atoms with Crippen LogP contribution in [0.1, 0.15) is 53.4 Å². The SMILES string of the molecule is C#CCN1C(=O)COc2cc(F)c(N3C(=O)C4=C(CCCC4)C3=O)cc21.CSc1nc(NC(C)C)nc(NC(C)C)n1. The molecule has 1 aliphatic carbocycles. The minimum atomic E-state index is -0.764. The number of amides is 3. The standard InChI is InChI=1S/C19H15FN2O4.C10H19N5S/c1-2-7-21-15-9-14(13(20)8-16(15)26-10-17(21)23)22-18(24)11-5-3-4-6-12(11)19(22)25;1-6(2)11-8-13-9(12-7(3)4)15-10(14-8)16-5/h1,8-9H,3-7,10H2;6-7H,1-5H3,(H2,11,12,13,14,15). The molecule has 0 atom stereocenters. The number of terminal acetylenes is 1. The molecule has 5 rings (SSSR count). The van der Waals surface area contributed by atoms with Gasteiger partial charge in [-0.25, -0.2) is 9.29 Å². The Morgan fingerprint density at radius 2 is 1.55 bits per heavy atom. The Labute approximate surface area is 248 Å². The molecule has 2 aliphatic heterocycles. The Bertz CT molecular complexity index is 1410. The van der Waals surface area contributed by atoms with E-state index in [1.54, 1.807) is 0 Å². The smallest absolute Gasteiger partial charge is 0.265 e. The summed E-state index contributed by atoms with van der Waals surface area (Å²) in [5, 5.41) is 7.08. The summed E-state index contributed by atoms with van der Waals surface area (Å²) in [6.45, 7) is 7.95. The van der Waals surface area contributed by atoms with E-state index in [4.69, 9.17) is 11.2 Å². The van der Waals surface area contributed by atoms with E-state index < -0.39 is 17.6 Å². The highest BCUT2D eigenvalue weighted by molar-refractivity contribution is 7.98. The maximum atomic E-state index is 14.7. The molecule has 0 saturated heterocycles. The number of aromatic nitrogens is 3. The summed E-state index contributed by atoms with van der Waals surface area (Å²) < 4.78 is 19.9. The summed E-state index contributed by atoms with van der Waals surface area (Å²) in [6, 6.07) is 2.99. The van der Waals surface area contributed by atoms with Crippen LogP contribution in [0.2, 0.25) is 0 Å². The molecular formula is C29H34FN7O4S. The van der Waals surface area contributed by atoms with Gasteiger partial charge in [0.1, 0.15) is 5.75 Å². The van der Waals surface area contributed by atoms with Crippen LogP contribution < -0.4 is 25.2 Å². The summed E-state index contributed by atoms with van der Waals surface area (Å²) in [5.74, 6) is 1.65. The lowest BCUT2D eigenvalue weighted by atomic mass is 9.93. The average molecular weight is 596 g/mol. The van der Waals surface area contributed by atoms with Crippen molar-refractivity contribution in [1.29, 1.82) is 0 Å². The first-order valence-electron chi connectivity index (χ1n) is 13.7. The second-order valence-corrected chi connectivity index (χ2v) is 11.2. The topological polar surface area (TPSA) is 130 Å². The highest BCUT2D eigenvalue weighted by atomic mass is 32.2. The number of carbonyl (C=O) groups is 3. The van der Waals surface area contributed by atoms with Gasteiger partial charge in [-0.2, -0.15) is 15.0 Å². The van der Waals surface area contributed by atoms with Gasteiger partial charge in [0.2, 0.25) is 11.9 Å². The Morgan fingerprint density at radius 3 is 2.05 bits per heavy atom. The Kier molecular flexibility index (Phi) is 9.67. The van der Waals surface area contributed by atoms with E-state index >= 15 is 0 Å². The molecule has 42 heavy (non-hydrogen) atoms. The van der Waals surface area contributed by atoms with Crippen molar-refractivity contribution in [3.63, 3.8) is 0 Å². The van der Waals surface area contributed by atoms with Crippen LogP contribution in [-0.2, 0) is 14.4 Å². The zero-order chi connectivity index (χ0) is 30.6. The number of thioether (sulfide) groups is 1. The van der Waals surface area contributed by atoms with Crippen LogP contribution in [0.25, 0.3) is 0 Å². The second-order valence-electron chi connectivity index (χ2n) is 10.4. The predicted octanol–water partition coefficient (Wildman–Crippen LogP) is 4.16. The molecule has 0 radical (unpaired) electrons. The van der Waals surface area contributed by atoms with E-state index in [-0.39, 0.29) is 36.2 Å². The number of rotatable bonds is 7. The number of nitrogens with one attached hydrogen (secondary N) is 2. The predicted molar refractivity (Wildman–Crippen MR) is 160 cm³/mol. The Balaban J connectivity index is 0.000000219. The van der Waals surface area contributed by atoms with Gasteiger partial charge in [0, 0.05) is 29.3 Å². The van der Waals surface area contributed by atoms with Crippen LogP contribution in [-0.4, -0.2) is 64.2 Å². The molecule has 0 spiro atoms. The molecule has 3 aliphatic rings. The molecule has 1 aromatic heterocycles. The van der Waals surface area contributed by atoms with Gasteiger partial charge >= 0.3 is 0 Å². The third kappa shape index (κ3) is 6.65. The van der Waals surface area contributed by atoms with Crippen LogP contribution in [0.5, 0.6) is 5.75 Å². The normalized spacial score (nSPS) is 16.1. The number of hydrogen-bond acceptors (Lipinski definition) is 10. The van der Waals surface area contributed by atoms with Crippen LogP contribution >= 0.6 is 11.8 Å². The van der Waals surface area contributed by atoms with Crippen molar-refractivity contribution < 1.29 is 23.5 Å². The van der Waals surface area contributed by atoms with Gasteiger partial charge < -0.3 is 15.4 Å². The molecule has 222 valence electrons. The number of imide groups is 1. The van der Waals surface area contributed by atoms with E-state index in [0.717, 1.165) is 29.0 Å². The number of halogens is 1. The maximum absolute atomic E-state index is 14.7. The fourth-order valence-electron chi connectivity index (χ4n) is 4.70. The van der Waals surface area contributed by atoms with Crippen molar-refractivity contribution in [3.05, 3.63) is 29.1 Å². The quantitative estimate of drug-likeness (QED) is 0.273. The maximum Gasteiger partial charge on any atom is 0.265 e. The van der Waals surface area contributed by atoms with Gasteiger partial charge in [-0.05, 0) is 65.7 Å². The molecule has 11 nitrogen and oxygen atoms in total. The van der Waals surface area contributed by atoms with Gasteiger partial charge in [0.15, 0.2) is 17.6 Å². The third-order valence-electron chi connectivity index (χ3n) is 6.49.